The Kier molecular flexibility index (Phi) is 5.58. The molecule has 28 heavy (non-hydrogen) atoms. The molecule has 0 saturated heterocycles. The first-order valence-corrected chi connectivity index (χ1v) is 8.25. The number of ether oxygens (including phenoxy) is 1. The molecule has 0 bridgehead atoms. The van der Waals surface area contributed by atoms with Crippen LogP contribution in [0.15, 0.2) is 54.9 Å². The van der Waals surface area contributed by atoms with E-state index >= 15 is 0 Å². The predicted octanol–water partition coefficient (Wildman–Crippen LogP) is 2.69. The Labute approximate surface area is 161 Å². The van der Waals surface area contributed by atoms with Gasteiger partial charge in [-0.3, -0.25) is 0 Å². The zero-order chi connectivity index (χ0) is 19.9. The number of nitrogens with two attached hydrogens (primary N) is 2. The highest BCUT2D eigenvalue weighted by molar-refractivity contribution is 5.99. The number of nitrogen functional groups attached to an aromatic ring is 2. The van der Waals surface area contributed by atoms with Gasteiger partial charge in [-0.1, -0.05) is 24.0 Å². The Balaban J connectivity index is 1.71. The third-order valence-corrected chi connectivity index (χ3v) is 3.69. The van der Waals surface area contributed by atoms with Crippen LogP contribution in [0.2, 0.25) is 0 Å². The Morgan fingerprint density at radius 2 is 1.61 bits per heavy atom. The number of hydrogen-bond donors (Lipinski definition) is 4. The maximum Gasteiger partial charge on any atom is 0.323 e. The van der Waals surface area contributed by atoms with Crippen molar-refractivity contribution in [2.75, 3.05) is 29.2 Å². The third-order valence-electron chi connectivity index (χ3n) is 3.69. The zero-order valence-corrected chi connectivity index (χ0v) is 15.1. The lowest BCUT2D eigenvalue weighted by atomic mass is 10.2. The number of nitrogens with zero attached hydrogens (tertiary/aromatic N) is 2. The normalized spacial score (nSPS) is 9.75. The van der Waals surface area contributed by atoms with Gasteiger partial charge in [0.05, 0.1) is 7.11 Å². The number of aromatic nitrogens is 2. The molecular weight excluding hydrogens is 356 g/mol. The average Bonchev–Trinajstić information content (AvgIpc) is 2.68. The van der Waals surface area contributed by atoms with E-state index in [1.165, 1.54) is 6.33 Å². The van der Waals surface area contributed by atoms with Gasteiger partial charge in [-0.2, -0.15) is 0 Å². The number of nitrogens with one attached hydrogen (secondary N) is 2. The summed E-state index contributed by atoms with van der Waals surface area (Å²) in [5.74, 6) is 6.89. The van der Waals surface area contributed by atoms with E-state index in [-0.39, 0.29) is 17.7 Å². The van der Waals surface area contributed by atoms with E-state index in [9.17, 15) is 4.79 Å². The maximum atomic E-state index is 12.2. The molecule has 3 rings (SSSR count). The standard InChI is InChI=1S/C20H18N6O2/c1-28-16-7-3-6-15(11-16)26-20(27)25-14-5-2-4-13(10-14)8-9-17-18(21)23-12-24-19(17)22/h2-7,10-12H,1H3,(H2,25,26,27)(H4,21,22,23,24). The molecule has 0 atom stereocenters. The number of carbonyl (C=O) groups excluding carboxylic acids is 1. The zero-order valence-electron chi connectivity index (χ0n) is 15.1. The molecular formula is C20H18N6O2. The molecule has 0 aliphatic heterocycles. The fraction of sp³-hybridized carbons (Fsp3) is 0.0500. The summed E-state index contributed by atoms with van der Waals surface area (Å²) in [5.41, 5.74) is 13.8. The minimum absolute atomic E-state index is 0.215. The number of amides is 2. The van der Waals surface area contributed by atoms with Crippen LogP contribution in [-0.2, 0) is 0 Å². The lowest BCUT2D eigenvalue weighted by Crippen LogP contribution is -2.19. The SMILES string of the molecule is COc1cccc(NC(=O)Nc2cccc(C#Cc3c(N)ncnc3N)c2)c1. The predicted molar refractivity (Wildman–Crippen MR) is 109 cm³/mol. The number of urea groups is 1. The van der Waals surface area contributed by atoms with E-state index in [2.05, 4.69) is 32.4 Å². The van der Waals surface area contributed by atoms with Gasteiger partial charge in [0.15, 0.2) is 0 Å². The van der Waals surface area contributed by atoms with Crippen LogP contribution in [0.4, 0.5) is 27.8 Å². The second-order valence-corrected chi connectivity index (χ2v) is 5.66. The largest absolute Gasteiger partial charge is 0.497 e. The minimum atomic E-state index is -0.386. The third kappa shape index (κ3) is 4.68. The summed E-state index contributed by atoms with van der Waals surface area (Å²) >= 11 is 0. The molecule has 0 fully saturated rings. The van der Waals surface area contributed by atoms with Gasteiger partial charge in [0.25, 0.3) is 0 Å². The van der Waals surface area contributed by atoms with E-state index < -0.39 is 0 Å². The number of benzene rings is 2. The molecule has 0 radical (unpaired) electrons. The monoisotopic (exact) mass is 374 g/mol. The van der Waals surface area contributed by atoms with Crippen LogP contribution in [0.3, 0.4) is 0 Å². The van der Waals surface area contributed by atoms with Crippen molar-refractivity contribution in [3.8, 4) is 17.6 Å². The Morgan fingerprint density at radius 3 is 2.29 bits per heavy atom. The van der Waals surface area contributed by atoms with Crippen molar-refractivity contribution >= 4 is 29.0 Å². The van der Waals surface area contributed by atoms with Crippen molar-refractivity contribution in [1.29, 1.82) is 0 Å². The molecule has 1 aromatic heterocycles. The van der Waals surface area contributed by atoms with Crippen LogP contribution in [-0.4, -0.2) is 23.1 Å². The minimum Gasteiger partial charge on any atom is -0.497 e. The van der Waals surface area contributed by atoms with E-state index in [1.54, 1.807) is 55.6 Å². The summed E-state index contributed by atoms with van der Waals surface area (Å²) in [6.45, 7) is 0. The summed E-state index contributed by atoms with van der Waals surface area (Å²) in [6, 6.07) is 13.7. The topological polar surface area (TPSA) is 128 Å². The average molecular weight is 374 g/mol. The van der Waals surface area contributed by atoms with Gasteiger partial charge < -0.3 is 26.8 Å². The van der Waals surface area contributed by atoms with Crippen LogP contribution in [0, 0.1) is 11.8 Å². The lowest BCUT2D eigenvalue weighted by Gasteiger charge is -2.09. The van der Waals surface area contributed by atoms with Gasteiger partial charge >= 0.3 is 6.03 Å². The van der Waals surface area contributed by atoms with Crippen LogP contribution >= 0.6 is 0 Å². The molecule has 8 heteroatoms. The van der Waals surface area contributed by atoms with Crippen molar-refractivity contribution in [1.82, 2.24) is 9.97 Å². The van der Waals surface area contributed by atoms with E-state index in [4.69, 9.17) is 16.2 Å². The van der Waals surface area contributed by atoms with Crippen molar-refractivity contribution in [2.45, 2.75) is 0 Å². The smallest absolute Gasteiger partial charge is 0.323 e. The van der Waals surface area contributed by atoms with Crippen LogP contribution < -0.4 is 26.8 Å². The lowest BCUT2D eigenvalue weighted by molar-refractivity contribution is 0.262. The molecule has 140 valence electrons. The van der Waals surface area contributed by atoms with Gasteiger partial charge in [-0.15, -0.1) is 0 Å². The Morgan fingerprint density at radius 1 is 0.964 bits per heavy atom. The van der Waals surface area contributed by atoms with Crippen molar-refractivity contribution in [2.24, 2.45) is 0 Å². The molecule has 0 aliphatic carbocycles. The number of rotatable bonds is 3. The number of methoxy groups -OCH3 is 1. The number of anilines is 4. The first kappa shape index (κ1) is 18.5. The van der Waals surface area contributed by atoms with Gasteiger partial charge in [-0.05, 0) is 30.3 Å². The summed E-state index contributed by atoms with van der Waals surface area (Å²) in [5, 5.41) is 5.50. The van der Waals surface area contributed by atoms with Gasteiger partial charge in [0.2, 0.25) is 0 Å². The highest BCUT2D eigenvalue weighted by Gasteiger charge is 2.05. The molecule has 8 nitrogen and oxygen atoms in total. The molecule has 0 aliphatic rings. The second-order valence-electron chi connectivity index (χ2n) is 5.66. The van der Waals surface area contributed by atoms with E-state index in [0.717, 1.165) is 0 Å². The highest BCUT2D eigenvalue weighted by Crippen LogP contribution is 2.18. The summed E-state index contributed by atoms with van der Waals surface area (Å²) < 4.78 is 5.14. The maximum absolute atomic E-state index is 12.2. The number of carbonyl (C=O) groups is 1. The quantitative estimate of drug-likeness (QED) is 0.522. The van der Waals surface area contributed by atoms with Crippen LogP contribution in [0.5, 0.6) is 5.75 Å². The van der Waals surface area contributed by atoms with E-state index in [0.29, 0.717) is 28.3 Å². The molecule has 1 heterocycles. The molecule has 3 aromatic rings. The first-order valence-electron chi connectivity index (χ1n) is 8.25. The van der Waals surface area contributed by atoms with Gasteiger partial charge in [0, 0.05) is 23.0 Å². The molecule has 0 saturated carbocycles. The van der Waals surface area contributed by atoms with Crippen LogP contribution in [0.1, 0.15) is 11.1 Å². The Hall–Kier alpha value is -4.25. The molecule has 0 spiro atoms. The fourth-order valence-electron chi connectivity index (χ4n) is 2.35. The van der Waals surface area contributed by atoms with Gasteiger partial charge in [-0.25, -0.2) is 14.8 Å². The van der Waals surface area contributed by atoms with E-state index in [1.807, 2.05) is 0 Å². The first-order chi connectivity index (χ1) is 13.5. The molecule has 2 amide bonds. The van der Waals surface area contributed by atoms with Gasteiger partial charge in [0.1, 0.15) is 29.3 Å². The summed E-state index contributed by atoms with van der Waals surface area (Å²) in [7, 11) is 1.56. The summed E-state index contributed by atoms with van der Waals surface area (Å²) in [6.07, 6.45) is 1.28. The molecule has 0 unspecified atom stereocenters. The van der Waals surface area contributed by atoms with Crippen LogP contribution in [0.25, 0.3) is 0 Å². The number of hydrogen-bond acceptors (Lipinski definition) is 6. The second kappa shape index (κ2) is 8.42. The fourth-order valence-corrected chi connectivity index (χ4v) is 2.35. The van der Waals surface area contributed by atoms with Crippen molar-refractivity contribution < 1.29 is 9.53 Å². The highest BCUT2D eigenvalue weighted by atomic mass is 16.5. The summed E-state index contributed by atoms with van der Waals surface area (Å²) in [4.78, 5) is 20.0. The van der Waals surface area contributed by atoms with Crippen molar-refractivity contribution in [3.05, 3.63) is 66.0 Å². The van der Waals surface area contributed by atoms with Crippen molar-refractivity contribution in [3.63, 3.8) is 0 Å². The Bertz CT molecular complexity index is 1050. The molecule has 6 N–H and O–H groups in total. The molecule has 2 aromatic carbocycles.